The molecule has 132 valence electrons. The molecule has 1 aromatic carbocycles. The molecule has 25 heavy (non-hydrogen) atoms. The van der Waals surface area contributed by atoms with Crippen LogP contribution in [0.4, 0.5) is 11.6 Å². The van der Waals surface area contributed by atoms with Gasteiger partial charge >= 0.3 is 0 Å². The fourth-order valence-electron chi connectivity index (χ4n) is 2.34. The number of aromatic amines is 1. The smallest absolute Gasteiger partial charge is 0.269 e. The SMILES string of the molecule is CCCCc1c(C)nc(N/N=C(/C)c2ccc([N+](=O)[O-])cc2)[nH]c1=O. The summed E-state index contributed by atoms with van der Waals surface area (Å²) in [5, 5.41) is 14.8. The van der Waals surface area contributed by atoms with E-state index in [1.54, 1.807) is 26.0 Å². The molecule has 0 saturated carbocycles. The Labute approximate surface area is 145 Å². The topological polar surface area (TPSA) is 113 Å². The third kappa shape index (κ3) is 4.72. The van der Waals surface area contributed by atoms with Crippen molar-refractivity contribution in [2.45, 2.75) is 40.0 Å². The number of H-pyrrole nitrogens is 1. The van der Waals surface area contributed by atoms with E-state index < -0.39 is 4.92 Å². The number of anilines is 1. The summed E-state index contributed by atoms with van der Waals surface area (Å²) in [4.78, 5) is 29.4. The molecule has 0 aliphatic heterocycles. The molecule has 8 nitrogen and oxygen atoms in total. The van der Waals surface area contributed by atoms with Gasteiger partial charge in [0.25, 0.3) is 11.2 Å². The normalized spacial score (nSPS) is 11.4. The molecule has 0 atom stereocenters. The molecule has 0 fully saturated rings. The third-order valence-corrected chi connectivity index (χ3v) is 3.83. The second kappa shape index (κ2) is 8.18. The number of nitro benzene ring substituents is 1. The molecule has 2 rings (SSSR count). The first-order valence-electron chi connectivity index (χ1n) is 8.07. The minimum atomic E-state index is -0.452. The minimum Gasteiger partial charge on any atom is -0.291 e. The first-order chi connectivity index (χ1) is 11.9. The van der Waals surface area contributed by atoms with Crippen molar-refractivity contribution in [1.29, 1.82) is 0 Å². The van der Waals surface area contributed by atoms with E-state index in [9.17, 15) is 14.9 Å². The van der Waals surface area contributed by atoms with E-state index in [0.29, 0.717) is 23.4 Å². The van der Waals surface area contributed by atoms with Gasteiger partial charge < -0.3 is 0 Å². The maximum atomic E-state index is 12.1. The summed E-state index contributed by atoms with van der Waals surface area (Å²) in [6, 6.07) is 6.07. The second-order valence-corrected chi connectivity index (χ2v) is 5.70. The lowest BCUT2D eigenvalue weighted by Crippen LogP contribution is -2.18. The van der Waals surface area contributed by atoms with Gasteiger partial charge in [0.1, 0.15) is 0 Å². The maximum Gasteiger partial charge on any atom is 0.269 e. The number of nitrogens with one attached hydrogen (secondary N) is 2. The largest absolute Gasteiger partial charge is 0.291 e. The number of benzene rings is 1. The summed E-state index contributed by atoms with van der Waals surface area (Å²) < 4.78 is 0. The molecule has 1 heterocycles. The Morgan fingerprint density at radius 2 is 2.04 bits per heavy atom. The van der Waals surface area contributed by atoms with Gasteiger partial charge in [0.15, 0.2) is 0 Å². The molecule has 0 spiro atoms. The lowest BCUT2D eigenvalue weighted by Gasteiger charge is -2.07. The zero-order chi connectivity index (χ0) is 18.4. The highest BCUT2D eigenvalue weighted by atomic mass is 16.6. The first kappa shape index (κ1) is 18.3. The molecule has 0 aliphatic carbocycles. The molecule has 8 heteroatoms. The molecule has 0 radical (unpaired) electrons. The number of hydrogen-bond acceptors (Lipinski definition) is 6. The van der Waals surface area contributed by atoms with E-state index in [4.69, 9.17) is 0 Å². The van der Waals surface area contributed by atoms with Gasteiger partial charge in [-0.2, -0.15) is 5.10 Å². The molecule has 1 aromatic heterocycles. The van der Waals surface area contributed by atoms with Crippen LogP contribution in [0.25, 0.3) is 0 Å². The Bertz CT molecular complexity index is 840. The van der Waals surface area contributed by atoms with E-state index in [0.717, 1.165) is 18.4 Å². The Balaban J connectivity index is 2.15. The van der Waals surface area contributed by atoms with Crippen molar-refractivity contribution in [2.24, 2.45) is 5.10 Å². The minimum absolute atomic E-state index is 0.0220. The number of nitro groups is 1. The van der Waals surface area contributed by atoms with Crippen LogP contribution in [0.1, 0.15) is 43.5 Å². The highest BCUT2D eigenvalue weighted by Crippen LogP contribution is 2.13. The van der Waals surface area contributed by atoms with Crippen LogP contribution in [-0.4, -0.2) is 20.6 Å². The molecule has 2 aromatic rings. The Kier molecular flexibility index (Phi) is 5.99. The van der Waals surface area contributed by atoms with Gasteiger partial charge in [-0.05, 0) is 44.4 Å². The van der Waals surface area contributed by atoms with Crippen molar-refractivity contribution in [3.05, 3.63) is 61.6 Å². The molecule has 0 saturated heterocycles. The van der Waals surface area contributed by atoms with Crippen LogP contribution in [-0.2, 0) is 6.42 Å². The highest BCUT2D eigenvalue weighted by molar-refractivity contribution is 5.99. The molecule has 0 amide bonds. The Morgan fingerprint density at radius 1 is 1.36 bits per heavy atom. The second-order valence-electron chi connectivity index (χ2n) is 5.70. The maximum absolute atomic E-state index is 12.1. The summed E-state index contributed by atoms with van der Waals surface area (Å²) in [7, 11) is 0. The lowest BCUT2D eigenvalue weighted by atomic mass is 10.1. The number of aryl methyl sites for hydroxylation is 1. The predicted molar refractivity (Wildman–Crippen MR) is 97.1 cm³/mol. The van der Waals surface area contributed by atoms with E-state index >= 15 is 0 Å². The number of aromatic nitrogens is 2. The van der Waals surface area contributed by atoms with Crippen LogP contribution in [0, 0.1) is 17.0 Å². The van der Waals surface area contributed by atoms with Crippen molar-refractivity contribution in [2.75, 3.05) is 5.43 Å². The van der Waals surface area contributed by atoms with Crippen LogP contribution in [0.15, 0.2) is 34.2 Å². The van der Waals surface area contributed by atoms with Crippen molar-refractivity contribution < 1.29 is 4.92 Å². The van der Waals surface area contributed by atoms with Crippen LogP contribution < -0.4 is 11.0 Å². The molecule has 2 N–H and O–H groups in total. The van der Waals surface area contributed by atoms with Crippen molar-refractivity contribution in [3.63, 3.8) is 0 Å². The fraction of sp³-hybridized carbons (Fsp3) is 0.353. The van der Waals surface area contributed by atoms with Gasteiger partial charge in [-0.25, -0.2) is 10.4 Å². The average Bonchev–Trinajstić information content (AvgIpc) is 2.59. The van der Waals surface area contributed by atoms with E-state index in [-0.39, 0.29) is 17.2 Å². The number of unbranched alkanes of at least 4 members (excludes halogenated alkanes) is 1. The van der Waals surface area contributed by atoms with Crippen LogP contribution in [0.2, 0.25) is 0 Å². The first-order valence-corrected chi connectivity index (χ1v) is 8.07. The number of hydrazone groups is 1. The third-order valence-electron chi connectivity index (χ3n) is 3.83. The van der Waals surface area contributed by atoms with Gasteiger partial charge in [0.05, 0.1) is 10.6 Å². The fourth-order valence-corrected chi connectivity index (χ4v) is 2.34. The van der Waals surface area contributed by atoms with Crippen LogP contribution in [0.5, 0.6) is 0 Å². The Hall–Kier alpha value is -3.03. The van der Waals surface area contributed by atoms with E-state index in [2.05, 4.69) is 27.4 Å². The van der Waals surface area contributed by atoms with Crippen LogP contribution in [0.3, 0.4) is 0 Å². The molecular weight excluding hydrogens is 322 g/mol. The monoisotopic (exact) mass is 343 g/mol. The van der Waals surface area contributed by atoms with Gasteiger partial charge in [0.2, 0.25) is 5.95 Å². The van der Waals surface area contributed by atoms with E-state index in [1.807, 2.05) is 0 Å². The molecule has 0 bridgehead atoms. The molecule has 0 aliphatic rings. The summed E-state index contributed by atoms with van der Waals surface area (Å²) in [6.07, 6.45) is 2.66. The van der Waals surface area contributed by atoms with E-state index in [1.165, 1.54) is 12.1 Å². The Morgan fingerprint density at radius 3 is 2.60 bits per heavy atom. The zero-order valence-corrected chi connectivity index (χ0v) is 14.5. The number of hydrogen-bond donors (Lipinski definition) is 2. The summed E-state index contributed by atoms with van der Waals surface area (Å²) >= 11 is 0. The summed E-state index contributed by atoms with van der Waals surface area (Å²) in [5.74, 6) is 0.268. The van der Waals surface area contributed by atoms with Crippen molar-refractivity contribution in [3.8, 4) is 0 Å². The molecule has 0 unspecified atom stereocenters. The number of nitrogens with zero attached hydrogens (tertiary/aromatic N) is 3. The molecular formula is C17H21N5O3. The van der Waals surface area contributed by atoms with Crippen LogP contribution >= 0.6 is 0 Å². The van der Waals surface area contributed by atoms with Gasteiger partial charge in [-0.15, -0.1) is 0 Å². The van der Waals surface area contributed by atoms with Gasteiger partial charge in [-0.3, -0.25) is 19.9 Å². The summed E-state index contributed by atoms with van der Waals surface area (Å²) in [5.41, 5.74) is 5.32. The average molecular weight is 343 g/mol. The number of rotatable bonds is 7. The van der Waals surface area contributed by atoms with Crippen molar-refractivity contribution >= 4 is 17.3 Å². The van der Waals surface area contributed by atoms with Crippen molar-refractivity contribution in [1.82, 2.24) is 9.97 Å². The lowest BCUT2D eigenvalue weighted by molar-refractivity contribution is -0.384. The quantitative estimate of drug-likeness (QED) is 0.455. The van der Waals surface area contributed by atoms with Gasteiger partial charge in [0, 0.05) is 23.4 Å². The number of non-ortho nitro benzene ring substituents is 1. The predicted octanol–water partition coefficient (Wildman–Crippen LogP) is 3.17. The van der Waals surface area contributed by atoms with Gasteiger partial charge in [-0.1, -0.05) is 13.3 Å². The summed E-state index contributed by atoms with van der Waals surface area (Å²) in [6.45, 7) is 5.63. The zero-order valence-electron chi connectivity index (χ0n) is 14.5. The standard InChI is InChI=1S/C17H21N5O3/c1-4-5-6-15-12(3)18-17(19-16(15)23)21-20-11(2)13-7-9-14(10-8-13)22(24)25/h7-10H,4-6H2,1-3H3,(H2,18,19,21,23)/b20-11-. The highest BCUT2D eigenvalue weighted by Gasteiger charge is 2.08.